The zero-order valence-corrected chi connectivity index (χ0v) is 15.5. The zero-order chi connectivity index (χ0) is 19.4. The van der Waals surface area contributed by atoms with Crippen LogP contribution < -0.4 is 10.6 Å². The predicted octanol–water partition coefficient (Wildman–Crippen LogP) is 4.14. The van der Waals surface area contributed by atoms with Gasteiger partial charge in [0.05, 0.1) is 23.6 Å². The van der Waals surface area contributed by atoms with Crippen LogP contribution in [-0.2, 0) is 9.59 Å². The molecule has 0 fully saturated rings. The van der Waals surface area contributed by atoms with Crippen molar-refractivity contribution in [1.29, 1.82) is 5.26 Å². The van der Waals surface area contributed by atoms with Gasteiger partial charge < -0.3 is 10.6 Å². The van der Waals surface area contributed by atoms with Crippen molar-refractivity contribution in [3.8, 4) is 6.07 Å². The van der Waals surface area contributed by atoms with E-state index < -0.39 is 11.7 Å². The molecule has 1 heterocycles. The predicted molar refractivity (Wildman–Crippen MR) is 103 cm³/mol. The summed E-state index contributed by atoms with van der Waals surface area (Å²) in [5, 5.41) is 14.4. The van der Waals surface area contributed by atoms with Gasteiger partial charge in [-0.25, -0.2) is 4.39 Å². The lowest BCUT2D eigenvalue weighted by atomic mass is 9.89. The summed E-state index contributed by atoms with van der Waals surface area (Å²) in [5.74, 6) is -1.30. The van der Waals surface area contributed by atoms with E-state index in [-0.39, 0.29) is 24.2 Å². The standard InChI is InChI=1S/C20H18FN3O2S/c1-12(10-22)11-27-18-5-3-2-4-16(18)24-20(26)15-9-19(25)23-17-8-13(21)6-7-14(15)17/h2-8,12,15H,9,11H2,1H3,(H,23,25)(H,24,26). The first-order valence-electron chi connectivity index (χ1n) is 8.49. The molecular formula is C20H18FN3O2S. The second-order valence-corrected chi connectivity index (χ2v) is 7.42. The van der Waals surface area contributed by atoms with Gasteiger partial charge in [-0.2, -0.15) is 5.26 Å². The smallest absolute Gasteiger partial charge is 0.232 e. The normalized spacial score (nSPS) is 16.6. The summed E-state index contributed by atoms with van der Waals surface area (Å²) in [5.41, 5.74) is 1.56. The van der Waals surface area contributed by atoms with Crippen LogP contribution in [0.5, 0.6) is 0 Å². The molecule has 5 nitrogen and oxygen atoms in total. The summed E-state index contributed by atoms with van der Waals surface area (Å²) in [4.78, 5) is 25.6. The number of amides is 2. The highest BCUT2D eigenvalue weighted by Crippen LogP contribution is 2.35. The molecule has 2 atom stereocenters. The maximum Gasteiger partial charge on any atom is 0.232 e. The Bertz CT molecular complexity index is 926. The minimum absolute atomic E-state index is 0.00520. The second kappa shape index (κ2) is 8.23. The highest BCUT2D eigenvalue weighted by atomic mass is 32.2. The number of nitrogens with zero attached hydrogens (tertiary/aromatic N) is 1. The van der Waals surface area contributed by atoms with Gasteiger partial charge in [0.1, 0.15) is 5.82 Å². The molecule has 2 amide bonds. The molecule has 0 saturated carbocycles. The van der Waals surface area contributed by atoms with Crippen LogP contribution >= 0.6 is 11.8 Å². The summed E-state index contributed by atoms with van der Waals surface area (Å²) in [6.45, 7) is 1.84. The van der Waals surface area contributed by atoms with Crippen molar-refractivity contribution < 1.29 is 14.0 Å². The number of rotatable bonds is 5. The fraction of sp³-hybridized carbons (Fsp3) is 0.250. The highest BCUT2D eigenvalue weighted by Gasteiger charge is 2.31. The lowest BCUT2D eigenvalue weighted by molar-refractivity contribution is -0.123. The van der Waals surface area contributed by atoms with Gasteiger partial charge in [-0.1, -0.05) is 18.2 Å². The van der Waals surface area contributed by atoms with E-state index in [1.165, 1.54) is 30.0 Å². The van der Waals surface area contributed by atoms with Crippen LogP contribution in [0.2, 0.25) is 0 Å². The van der Waals surface area contributed by atoms with E-state index in [1.807, 2.05) is 25.1 Å². The van der Waals surface area contributed by atoms with Crippen molar-refractivity contribution in [3.05, 3.63) is 53.8 Å². The van der Waals surface area contributed by atoms with Crippen molar-refractivity contribution in [2.45, 2.75) is 24.2 Å². The number of fused-ring (bicyclic) bond motifs is 1. The summed E-state index contributed by atoms with van der Waals surface area (Å²) >= 11 is 1.49. The van der Waals surface area contributed by atoms with Gasteiger partial charge in [-0.15, -0.1) is 11.8 Å². The Balaban J connectivity index is 1.81. The number of thioether (sulfide) groups is 1. The van der Waals surface area contributed by atoms with Gasteiger partial charge in [-0.3, -0.25) is 9.59 Å². The van der Waals surface area contributed by atoms with E-state index in [4.69, 9.17) is 5.26 Å². The molecule has 1 aliphatic heterocycles. The van der Waals surface area contributed by atoms with Crippen LogP contribution in [0, 0.1) is 23.1 Å². The number of hydrogen-bond acceptors (Lipinski definition) is 4. The van der Waals surface area contributed by atoms with Gasteiger partial charge in [0.15, 0.2) is 0 Å². The molecule has 27 heavy (non-hydrogen) atoms. The van der Waals surface area contributed by atoms with Crippen LogP contribution in [0.25, 0.3) is 0 Å². The van der Waals surface area contributed by atoms with E-state index in [1.54, 1.807) is 6.07 Å². The first kappa shape index (κ1) is 18.9. The number of para-hydroxylation sites is 1. The molecule has 1 aliphatic rings. The number of nitrogens with one attached hydrogen (secondary N) is 2. The molecule has 0 saturated heterocycles. The minimum atomic E-state index is -0.689. The Hall–Kier alpha value is -2.85. The Labute approximate surface area is 161 Å². The van der Waals surface area contributed by atoms with Gasteiger partial charge in [0.2, 0.25) is 11.8 Å². The van der Waals surface area contributed by atoms with E-state index in [2.05, 4.69) is 16.7 Å². The first-order chi connectivity index (χ1) is 13.0. The lowest BCUT2D eigenvalue weighted by Gasteiger charge is -2.25. The number of hydrogen-bond donors (Lipinski definition) is 2. The van der Waals surface area contributed by atoms with Crippen molar-refractivity contribution in [2.24, 2.45) is 5.92 Å². The Morgan fingerprint density at radius 1 is 1.41 bits per heavy atom. The fourth-order valence-electron chi connectivity index (χ4n) is 2.84. The van der Waals surface area contributed by atoms with E-state index >= 15 is 0 Å². The van der Waals surface area contributed by atoms with Crippen molar-refractivity contribution >= 4 is 35.0 Å². The maximum absolute atomic E-state index is 13.5. The number of nitriles is 1. The summed E-state index contributed by atoms with van der Waals surface area (Å²) in [6.07, 6.45) is 0.00520. The molecule has 7 heteroatoms. The van der Waals surface area contributed by atoms with Gasteiger partial charge >= 0.3 is 0 Å². The van der Waals surface area contributed by atoms with Crippen LogP contribution in [0.1, 0.15) is 24.8 Å². The summed E-state index contributed by atoms with van der Waals surface area (Å²) < 4.78 is 13.5. The quantitative estimate of drug-likeness (QED) is 0.760. The molecule has 3 rings (SSSR count). The van der Waals surface area contributed by atoms with Crippen molar-refractivity contribution in [1.82, 2.24) is 0 Å². The molecule has 138 valence electrons. The average molecular weight is 383 g/mol. The fourth-order valence-corrected chi connectivity index (χ4v) is 3.79. The van der Waals surface area contributed by atoms with Gasteiger partial charge in [0, 0.05) is 22.8 Å². The number of benzene rings is 2. The SMILES string of the molecule is CC(C#N)CSc1ccccc1NC(=O)C1CC(=O)Nc2cc(F)ccc21. The Morgan fingerprint density at radius 2 is 2.19 bits per heavy atom. The van der Waals surface area contributed by atoms with Crippen molar-refractivity contribution in [2.75, 3.05) is 16.4 Å². The molecule has 2 N–H and O–H groups in total. The highest BCUT2D eigenvalue weighted by molar-refractivity contribution is 7.99. The number of carbonyl (C=O) groups is 2. The molecule has 2 aromatic carbocycles. The molecule has 2 unspecified atom stereocenters. The molecule has 0 bridgehead atoms. The first-order valence-corrected chi connectivity index (χ1v) is 9.48. The third-order valence-corrected chi connectivity index (χ3v) is 5.56. The number of halogens is 1. The summed E-state index contributed by atoms with van der Waals surface area (Å²) in [7, 11) is 0. The number of anilines is 2. The second-order valence-electron chi connectivity index (χ2n) is 6.36. The van der Waals surface area contributed by atoms with Crippen LogP contribution in [-0.4, -0.2) is 17.6 Å². The summed E-state index contributed by atoms with van der Waals surface area (Å²) in [6, 6.07) is 13.6. The molecule has 0 radical (unpaired) electrons. The Morgan fingerprint density at radius 3 is 2.96 bits per heavy atom. The number of carbonyl (C=O) groups excluding carboxylic acids is 2. The molecule has 0 spiro atoms. The third kappa shape index (κ3) is 4.47. The topological polar surface area (TPSA) is 82.0 Å². The average Bonchev–Trinajstić information content (AvgIpc) is 2.65. The van der Waals surface area contributed by atoms with Crippen LogP contribution in [0.15, 0.2) is 47.4 Å². The van der Waals surface area contributed by atoms with Crippen molar-refractivity contribution in [3.63, 3.8) is 0 Å². The molecule has 2 aromatic rings. The molecule has 0 aliphatic carbocycles. The van der Waals surface area contributed by atoms with Crippen LogP contribution in [0.3, 0.4) is 0 Å². The van der Waals surface area contributed by atoms with E-state index in [9.17, 15) is 14.0 Å². The molecule has 0 aromatic heterocycles. The van der Waals surface area contributed by atoms with Crippen LogP contribution in [0.4, 0.5) is 15.8 Å². The monoisotopic (exact) mass is 383 g/mol. The van der Waals surface area contributed by atoms with E-state index in [0.717, 1.165) is 4.90 Å². The maximum atomic E-state index is 13.5. The third-order valence-electron chi connectivity index (χ3n) is 4.23. The minimum Gasteiger partial charge on any atom is -0.326 e. The zero-order valence-electron chi connectivity index (χ0n) is 14.7. The van der Waals surface area contributed by atoms with E-state index in [0.29, 0.717) is 22.7 Å². The lowest BCUT2D eigenvalue weighted by Crippen LogP contribution is -2.31. The van der Waals surface area contributed by atoms with Gasteiger partial charge in [-0.05, 0) is 36.8 Å². The van der Waals surface area contributed by atoms with Gasteiger partial charge in [0.25, 0.3) is 0 Å². The largest absolute Gasteiger partial charge is 0.326 e. The Kier molecular flexibility index (Phi) is 5.77. The molecular weight excluding hydrogens is 365 g/mol.